The van der Waals surface area contributed by atoms with Gasteiger partial charge in [-0.2, -0.15) is 0 Å². The van der Waals surface area contributed by atoms with Gasteiger partial charge in [0.25, 0.3) is 0 Å². The molecule has 1 saturated heterocycles. The average molecular weight is 478 g/mol. The number of nitrogens with zero attached hydrogens (tertiary/aromatic N) is 1. The Labute approximate surface area is 196 Å². The molecule has 8 heteroatoms. The van der Waals surface area contributed by atoms with Crippen LogP contribution in [0.2, 0.25) is 0 Å². The van der Waals surface area contributed by atoms with Gasteiger partial charge in [0, 0.05) is 19.1 Å². The Kier molecular flexibility index (Phi) is 8.36. The minimum atomic E-state index is -3.48. The Hall–Kier alpha value is -1.90. The number of carbonyl (C=O) groups is 1. The van der Waals surface area contributed by atoms with E-state index in [2.05, 4.69) is 62.0 Å². The number of thiophene rings is 1. The molecule has 0 spiro atoms. The molecule has 1 aromatic heterocycles. The van der Waals surface area contributed by atoms with Crippen molar-refractivity contribution in [1.82, 2.24) is 14.9 Å². The van der Waals surface area contributed by atoms with Crippen molar-refractivity contribution in [2.45, 2.75) is 69.2 Å². The maximum absolute atomic E-state index is 13.0. The van der Waals surface area contributed by atoms with Gasteiger partial charge in [-0.25, -0.2) is 17.9 Å². The standard InChI is InChI=1S/C24H35N3O3S2/c1-5-18(4)19-8-10-20(11-9-19)23(17(2)3)25-24(28)27-14-12-21(13-15-27)26-32(29,30)22-7-6-16-31-22/h6-11,16-18,21,23,26H,5,12-15H2,1-4H3,(H,25,28). The van der Waals surface area contributed by atoms with Gasteiger partial charge in [0.05, 0.1) is 6.04 Å². The van der Waals surface area contributed by atoms with Crippen LogP contribution in [0, 0.1) is 5.92 Å². The van der Waals surface area contributed by atoms with Crippen LogP contribution in [0.4, 0.5) is 4.79 Å². The summed E-state index contributed by atoms with van der Waals surface area (Å²) in [5.41, 5.74) is 2.43. The lowest BCUT2D eigenvalue weighted by Crippen LogP contribution is -2.50. The summed E-state index contributed by atoms with van der Waals surface area (Å²) in [6.45, 7) is 9.69. The van der Waals surface area contributed by atoms with E-state index < -0.39 is 10.0 Å². The first kappa shape index (κ1) is 24.7. The molecule has 0 bridgehead atoms. The van der Waals surface area contributed by atoms with Gasteiger partial charge in [0.15, 0.2) is 0 Å². The monoisotopic (exact) mass is 477 g/mol. The number of piperidine rings is 1. The van der Waals surface area contributed by atoms with Gasteiger partial charge < -0.3 is 10.2 Å². The Morgan fingerprint density at radius 2 is 1.72 bits per heavy atom. The van der Waals surface area contributed by atoms with E-state index in [0.717, 1.165) is 12.0 Å². The topological polar surface area (TPSA) is 78.5 Å². The minimum Gasteiger partial charge on any atom is -0.331 e. The normalized spacial score (nSPS) is 17.3. The fraction of sp³-hybridized carbons (Fsp3) is 0.542. The highest BCUT2D eigenvalue weighted by molar-refractivity contribution is 7.91. The first-order chi connectivity index (χ1) is 15.2. The summed E-state index contributed by atoms with van der Waals surface area (Å²) >= 11 is 1.21. The van der Waals surface area contributed by atoms with Crippen LogP contribution in [0.15, 0.2) is 46.0 Å². The number of rotatable bonds is 8. The lowest BCUT2D eigenvalue weighted by molar-refractivity contribution is 0.173. The second-order valence-electron chi connectivity index (χ2n) is 8.96. The highest BCUT2D eigenvalue weighted by Crippen LogP contribution is 2.26. The minimum absolute atomic E-state index is 0.0662. The molecule has 32 heavy (non-hydrogen) atoms. The maximum Gasteiger partial charge on any atom is 0.317 e. The molecule has 0 aliphatic carbocycles. The molecule has 1 aliphatic rings. The number of nitrogens with one attached hydrogen (secondary N) is 2. The average Bonchev–Trinajstić information content (AvgIpc) is 3.33. The summed E-state index contributed by atoms with van der Waals surface area (Å²) in [4.78, 5) is 14.8. The number of hydrogen-bond acceptors (Lipinski definition) is 4. The van der Waals surface area contributed by atoms with Crippen molar-refractivity contribution >= 4 is 27.4 Å². The third kappa shape index (κ3) is 6.11. The van der Waals surface area contributed by atoms with Crippen molar-refractivity contribution < 1.29 is 13.2 Å². The number of amides is 2. The fourth-order valence-electron chi connectivity index (χ4n) is 4.02. The Bertz CT molecular complexity index is 964. The summed E-state index contributed by atoms with van der Waals surface area (Å²) in [5.74, 6) is 0.776. The molecule has 2 aromatic rings. The van der Waals surface area contributed by atoms with Gasteiger partial charge in [-0.1, -0.05) is 58.0 Å². The van der Waals surface area contributed by atoms with E-state index >= 15 is 0 Å². The molecule has 2 atom stereocenters. The van der Waals surface area contributed by atoms with Crippen molar-refractivity contribution in [3.8, 4) is 0 Å². The van der Waals surface area contributed by atoms with Crippen LogP contribution in [0.3, 0.4) is 0 Å². The van der Waals surface area contributed by atoms with Crippen LogP contribution in [-0.2, 0) is 10.0 Å². The summed E-state index contributed by atoms with van der Waals surface area (Å²) < 4.78 is 28.0. The summed E-state index contributed by atoms with van der Waals surface area (Å²) in [6, 6.07) is 11.6. The predicted molar refractivity (Wildman–Crippen MR) is 130 cm³/mol. The maximum atomic E-state index is 13.0. The summed E-state index contributed by atoms with van der Waals surface area (Å²) in [5, 5.41) is 4.96. The molecule has 1 fully saturated rings. The van der Waals surface area contributed by atoms with Gasteiger partial charge in [0.1, 0.15) is 4.21 Å². The van der Waals surface area contributed by atoms with E-state index in [1.807, 2.05) is 0 Å². The highest BCUT2D eigenvalue weighted by atomic mass is 32.2. The zero-order valence-electron chi connectivity index (χ0n) is 19.4. The van der Waals surface area contributed by atoms with E-state index in [-0.39, 0.29) is 24.0 Å². The molecular weight excluding hydrogens is 442 g/mol. The molecule has 0 radical (unpaired) electrons. The third-order valence-corrected chi connectivity index (χ3v) is 9.20. The smallest absolute Gasteiger partial charge is 0.317 e. The first-order valence-corrected chi connectivity index (χ1v) is 13.8. The Morgan fingerprint density at radius 1 is 1.09 bits per heavy atom. The van der Waals surface area contributed by atoms with E-state index in [1.165, 1.54) is 16.9 Å². The molecule has 0 saturated carbocycles. The molecule has 176 valence electrons. The fourth-order valence-corrected chi connectivity index (χ4v) is 6.34. The van der Waals surface area contributed by atoms with Crippen molar-refractivity contribution in [3.05, 3.63) is 52.9 Å². The first-order valence-electron chi connectivity index (χ1n) is 11.4. The second kappa shape index (κ2) is 10.8. The van der Waals surface area contributed by atoms with Gasteiger partial charge in [-0.3, -0.25) is 0 Å². The van der Waals surface area contributed by atoms with E-state index in [1.54, 1.807) is 22.4 Å². The highest BCUT2D eigenvalue weighted by Gasteiger charge is 2.28. The van der Waals surface area contributed by atoms with E-state index in [0.29, 0.717) is 36.1 Å². The molecular formula is C24H35N3O3S2. The van der Waals surface area contributed by atoms with E-state index in [4.69, 9.17) is 0 Å². The van der Waals surface area contributed by atoms with Crippen LogP contribution >= 0.6 is 11.3 Å². The molecule has 2 amide bonds. The quantitative estimate of drug-likeness (QED) is 0.554. The molecule has 2 unspecified atom stereocenters. The molecule has 2 heterocycles. The Morgan fingerprint density at radius 3 is 2.25 bits per heavy atom. The van der Waals surface area contributed by atoms with Crippen molar-refractivity contribution in [1.29, 1.82) is 0 Å². The number of carbonyl (C=O) groups excluding carboxylic acids is 1. The lowest BCUT2D eigenvalue weighted by Gasteiger charge is -2.34. The second-order valence-corrected chi connectivity index (χ2v) is 11.9. The van der Waals surface area contributed by atoms with Gasteiger partial charge >= 0.3 is 6.03 Å². The molecule has 1 aliphatic heterocycles. The molecule has 1 aromatic carbocycles. The van der Waals surface area contributed by atoms with Crippen LogP contribution < -0.4 is 10.0 Å². The predicted octanol–water partition coefficient (Wildman–Crippen LogP) is 5.11. The Balaban J connectivity index is 1.56. The SMILES string of the molecule is CCC(C)c1ccc(C(NC(=O)N2CCC(NS(=O)(=O)c3cccs3)CC2)C(C)C)cc1. The molecule has 3 rings (SSSR count). The molecule has 2 N–H and O–H groups in total. The van der Waals surface area contributed by atoms with Crippen LogP contribution in [0.25, 0.3) is 0 Å². The lowest BCUT2D eigenvalue weighted by atomic mass is 9.92. The molecule has 6 nitrogen and oxygen atoms in total. The number of urea groups is 1. The zero-order chi connectivity index (χ0) is 23.3. The van der Waals surface area contributed by atoms with Gasteiger partial charge in [-0.15, -0.1) is 11.3 Å². The van der Waals surface area contributed by atoms with Crippen LogP contribution in [-0.4, -0.2) is 38.5 Å². The largest absolute Gasteiger partial charge is 0.331 e. The van der Waals surface area contributed by atoms with Crippen LogP contribution in [0.1, 0.15) is 70.0 Å². The number of sulfonamides is 1. The van der Waals surface area contributed by atoms with E-state index in [9.17, 15) is 13.2 Å². The summed E-state index contributed by atoms with van der Waals surface area (Å²) in [7, 11) is -3.48. The van der Waals surface area contributed by atoms with Crippen molar-refractivity contribution in [2.75, 3.05) is 13.1 Å². The zero-order valence-corrected chi connectivity index (χ0v) is 21.0. The van der Waals surface area contributed by atoms with Gasteiger partial charge in [0.2, 0.25) is 10.0 Å². The van der Waals surface area contributed by atoms with Crippen molar-refractivity contribution in [2.24, 2.45) is 5.92 Å². The number of benzene rings is 1. The van der Waals surface area contributed by atoms with Gasteiger partial charge in [-0.05, 0) is 53.7 Å². The van der Waals surface area contributed by atoms with Crippen molar-refractivity contribution in [3.63, 3.8) is 0 Å². The van der Waals surface area contributed by atoms with Crippen LogP contribution in [0.5, 0.6) is 0 Å². The number of likely N-dealkylation sites (tertiary alicyclic amines) is 1. The summed E-state index contributed by atoms with van der Waals surface area (Å²) in [6.07, 6.45) is 2.31. The third-order valence-electron chi connectivity index (χ3n) is 6.29. The number of hydrogen-bond donors (Lipinski definition) is 2.